The van der Waals surface area contributed by atoms with Crippen LogP contribution in [0.1, 0.15) is 41.5 Å². The first-order valence-corrected chi connectivity index (χ1v) is 7.12. The second-order valence-electron chi connectivity index (χ2n) is 5.53. The molecule has 0 aromatic heterocycles. The Hall–Kier alpha value is -2.68. The van der Waals surface area contributed by atoms with Crippen molar-refractivity contribution in [3.05, 3.63) is 52.7 Å². The number of hydrogen-bond acceptors (Lipinski definition) is 3. The van der Waals surface area contributed by atoms with Crippen LogP contribution in [0.4, 0.5) is 0 Å². The molecular weight excluding hydrogens is 276 g/mol. The number of aliphatic hydroxyl groups excluding tert-OH is 1. The molecule has 0 radical (unpaired) electrons. The fourth-order valence-corrected chi connectivity index (χ4v) is 3.25. The second kappa shape index (κ2) is 4.95. The van der Waals surface area contributed by atoms with E-state index < -0.39 is 0 Å². The minimum atomic E-state index is -0.222. The first-order chi connectivity index (χ1) is 10.4. The SMILES string of the molecule is CC(=O)c1c(C(C)=O)c2cccc3cccc(c1=C(C)O)c32. The molecule has 0 aliphatic rings. The molecule has 3 aromatic rings. The van der Waals surface area contributed by atoms with Crippen molar-refractivity contribution in [2.45, 2.75) is 20.8 Å². The van der Waals surface area contributed by atoms with Crippen LogP contribution in [0.15, 0.2) is 36.4 Å². The number of Topliss-reactive ketones (excluding diaryl/α,β-unsaturated/α-hetero) is 2. The van der Waals surface area contributed by atoms with Crippen LogP contribution in [-0.4, -0.2) is 16.7 Å². The smallest absolute Gasteiger partial charge is 0.161 e. The number of carbonyl (C=O) groups is 2. The van der Waals surface area contributed by atoms with Gasteiger partial charge in [-0.3, -0.25) is 9.59 Å². The van der Waals surface area contributed by atoms with E-state index in [1.54, 1.807) is 6.92 Å². The average molecular weight is 292 g/mol. The van der Waals surface area contributed by atoms with Crippen LogP contribution in [0.25, 0.3) is 27.3 Å². The van der Waals surface area contributed by atoms with Crippen LogP contribution in [-0.2, 0) is 0 Å². The maximum absolute atomic E-state index is 12.2. The molecule has 0 aliphatic carbocycles. The van der Waals surface area contributed by atoms with Crippen LogP contribution >= 0.6 is 0 Å². The third-order valence-corrected chi connectivity index (χ3v) is 4.01. The van der Waals surface area contributed by atoms with E-state index in [2.05, 4.69) is 0 Å². The van der Waals surface area contributed by atoms with Crippen molar-refractivity contribution in [2.75, 3.05) is 0 Å². The van der Waals surface area contributed by atoms with E-state index in [1.807, 2.05) is 36.4 Å². The van der Waals surface area contributed by atoms with Gasteiger partial charge in [-0.2, -0.15) is 0 Å². The summed E-state index contributed by atoms with van der Waals surface area (Å²) in [5, 5.41) is 14.1. The minimum Gasteiger partial charge on any atom is -0.512 e. The Morgan fingerprint density at radius 1 is 0.818 bits per heavy atom. The van der Waals surface area contributed by atoms with Crippen molar-refractivity contribution >= 4 is 38.9 Å². The number of hydrogen-bond donors (Lipinski definition) is 1. The Kier molecular flexibility index (Phi) is 3.21. The topological polar surface area (TPSA) is 54.4 Å². The first-order valence-electron chi connectivity index (χ1n) is 7.12. The number of carbonyl (C=O) groups excluding carboxylic acids is 2. The summed E-state index contributed by atoms with van der Waals surface area (Å²) in [7, 11) is 0. The van der Waals surface area contributed by atoms with Gasteiger partial charge >= 0.3 is 0 Å². The van der Waals surface area contributed by atoms with Gasteiger partial charge in [0.1, 0.15) is 0 Å². The highest BCUT2D eigenvalue weighted by Crippen LogP contribution is 2.30. The molecule has 3 heteroatoms. The molecule has 22 heavy (non-hydrogen) atoms. The molecule has 0 saturated carbocycles. The average Bonchev–Trinajstić information content (AvgIpc) is 2.46. The number of ketones is 2. The molecule has 0 unspecified atom stereocenters. The van der Waals surface area contributed by atoms with Gasteiger partial charge in [0.25, 0.3) is 0 Å². The molecule has 3 nitrogen and oxygen atoms in total. The minimum absolute atomic E-state index is 0.0472. The van der Waals surface area contributed by atoms with Crippen LogP contribution in [0.5, 0.6) is 0 Å². The monoisotopic (exact) mass is 292 g/mol. The molecular formula is C19H16O3. The Balaban J connectivity index is 2.83. The molecule has 1 N–H and O–H groups in total. The Labute approximate surface area is 127 Å². The predicted octanol–water partition coefficient (Wildman–Crippen LogP) is 3.80. The molecule has 0 fully saturated rings. The zero-order chi connectivity index (χ0) is 16.0. The maximum Gasteiger partial charge on any atom is 0.161 e. The van der Waals surface area contributed by atoms with Gasteiger partial charge in [-0.05, 0) is 42.3 Å². The van der Waals surface area contributed by atoms with Crippen molar-refractivity contribution in [3.8, 4) is 0 Å². The molecule has 3 rings (SSSR count). The van der Waals surface area contributed by atoms with Crippen LogP contribution < -0.4 is 5.22 Å². The van der Waals surface area contributed by atoms with Gasteiger partial charge in [0.2, 0.25) is 0 Å². The van der Waals surface area contributed by atoms with Crippen molar-refractivity contribution < 1.29 is 14.7 Å². The lowest BCUT2D eigenvalue weighted by molar-refractivity contribution is 0.0981. The van der Waals surface area contributed by atoms with E-state index in [0.717, 1.165) is 21.5 Å². The Morgan fingerprint density at radius 2 is 1.36 bits per heavy atom. The summed E-state index contributed by atoms with van der Waals surface area (Å²) in [5.41, 5.74) is 0.693. The fraction of sp³-hybridized carbons (Fsp3) is 0.158. The van der Waals surface area contributed by atoms with E-state index >= 15 is 0 Å². The standard InChI is InChI=1S/C19H16O3/c1-10(20)16-14-8-4-6-13-7-5-9-15(19(13)14)17(11(2)21)18(16)12(3)22/h4-9,20H,1-3H3. The van der Waals surface area contributed by atoms with Crippen LogP contribution in [0.3, 0.4) is 0 Å². The summed E-state index contributed by atoms with van der Waals surface area (Å²) in [6.45, 7) is 4.42. The largest absolute Gasteiger partial charge is 0.512 e. The molecule has 0 amide bonds. The van der Waals surface area contributed by atoms with E-state index in [9.17, 15) is 14.7 Å². The fourth-order valence-electron chi connectivity index (χ4n) is 3.25. The summed E-state index contributed by atoms with van der Waals surface area (Å²) in [4.78, 5) is 24.4. The molecule has 110 valence electrons. The van der Waals surface area contributed by atoms with Gasteiger partial charge in [-0.25, -0.2) is 0 Å². The number of benzene rings is 3. The predicted molar refractivity (Wildman–Crippen MR) is 88.4 cm³/mol. The first kappa shape index (κ1) is 14.3. The Bertz CT molecular complexity index is 987. The molecule has 0 spiro atoms. The van der Waals surface area contributed by atoms with Gasteiger partial charge in [-0.1, -0.05) is 36.4 Å². The van der Waals surface area contributed by atoms with Crippen molar-refractivity contribution in [2.24, 2.45) is 0 Å². The van der Waals surface area contributed by atoms with Gasteiger partial charge in [0, 0.05) is 16.3 Å². The number of rotatable bonds is 2. The second-order valence-corrected chi connectivity index (χ2v) is 5.53. The third-order valence-electron chi connectivity index (χ3n) is 4.01. The highest BCUT2D eigenvalue weighted by Gasteiger charge is 2.21. The van der Waals surface area contributed by atoms with Crippen molar-refractivity contribution in [1.29, 1.82) is 0 Å². The van der Waals surface area contributed by atoms with E-state index in [4.69, 9.17) is 0 Å². The third kappa shape index (κ3) is 1.90. The lowest BCUT2D eigenvalue weighted by atomic mass is 9.87. The summed E-state index contributed by atoms with van der Waals surface area (Å²) >= 11 is 0. The molecule has 0 aliphatic heterocycles. The lowest BCUT2D eigenvalue weighted by Gasteiger charge is -2.15. The number of aliphatic hydroxyl groups is 1. The maximum atomic E-state index is 12.2. The highest BCUT2D eigenvalue weighted by molar-refractivity contribution is 6.23. The van der Waals surface area contributed by atoms with Crippen molar-refractivity contribution in [3.63, 3.8) is 0 Å². The highest BCUT2D eigenvalue weighted by atomic mass is 16.3. The quantitative estimate of drug-likeness (QED) is 0.731. The zero-order valence-electron chi connectivity index (χ0n) is 12.7. The molecule has 0 saturated heterocycles. The van der Waals surface area contributed by atoms with E-state index in [0.29, 0.717) is 16.3 Å². The zero-order valence-corrected chi connectivity index (χ0v) is 12.7. The van der Waals surface area contributed by atoms with E-state index in [-0.39, 0.29) is 17.3 Å². The lowest BCUT2D eigenvalue weighted by Crippen LogP contribution is -2.22. The normalized spacial score (nSPS) is 12.7. The molecule has 0 bridgehead atoms. The Morgan fingerprint density at radius 3 is 1.86 bits per heavy atom. The molecule has 3 aromatic carbocycles. The summed E-state index contributed by atoms with van der Waals surface area (Å²) in [6.07, 6.45) is 0. The summed E-state index contributed by atoms with van der Waals surface area (Å²) < 4.78 is 0. The van der Waals surface area contributed by atoms with Gasteiger partial charge in [-0.15, -0.1) is 0 Å². The molecule has 0 heterocycles. The van der Waals surface area contributed by atoms with E-state index in [1.165, 1.54) is 13.8 Å². The molecule has 0 atom stereocenters. The summed E-state index contributed by atoms with van der Waals surface area (Å²) in [5.74, 6) is -0.350. The van der Waals surface area contributed by atoms with Gasteiger partial charge < -0.3 is 5.11 Å². The van der Waals surface area contributed by atoms with Gasteiger partial charge in [0.05, 0.1) is 5.76 Å². The van der Waals surface area contributed by atoms with Crippen molar-refractivity contribution in [1.82, 2.24) is 0 Å². The van der Waals surface area contributed by atoms with Crippen LogP contribution in [0.2, 0.25) is 0 Å². The van der Waals surface area contributed by atoms with Crippen LogP contribution in [0, 0.1) is 0 Å². The summed E-state index contributed by atoms with van der Waals surface area (Å²) in [6, 6.07) is 11.4. The van der Waals surface area contributed by atoms with Gasteiger partial charge in [0.15, 0.2) is 11.6 Å².